The van der Waals surface area contributed by atoms with Crippen molar-refractivity contribution in [2.24, 2.45) is 0 Å². The zero-order valence-electron chi connectivity index (χ0n) is 14.0. The van der Waals surface area contributed by atoms with Gasteiger partial charge in [0.25, 0.3) is 0 Å². The zero-order valence-corrected chi connectivity index (χ0v) is 15.6. The molecule has 2 aromatic carbocycles. The summed E-state index contributed by atoms with van der Waals surface area (Å²) >= 11 is 7.15. The lowest BCUT2D eigenvalue weighted by Gasteiger charge is -2.38. The number of nitrogens with zero attached hydrogens (tertiary/aromatic N) is 2. The van der Waals surface area contributed by atoms with Gasteiger partial charge in [0.05, 0.1) is 22.4 Å². The number of rotatable bonds is 2. The van der Waals surface area contributed by atoms with Crippen molar-refractivity contribution < 1.29 is 14.3 Å². The van der Waals surface area contributed by atoms with Crippen molar-refractivity contribution in [3.8, 4) is 6.07 Å². The molecule has 27 heavy (non-hydrogen) atoms. The lowest BCUT2D eigenvalue weighted by atomic mass is 9.85. The number of hydrogen-bond acceptors (Lipinski definition) is 4. The number of fused-ring (bicyclic) bond motifs is 1. The molecule has 2 heterocycles. The molecule has 4 rings (SSSR count). The maximum atomic E-state index is 14.3. The fourth-order valence-electron chi connectivity index (χ4n) is 3.58. The molecular weight excluding hydrogens is 387 g/mol. The van der Waals surface area contributed by atoms with E-state index in [1.807, 2.05) is 0 Å². The molecule has 0 saturated carbocycles. The Kier molecular flexibility index (Phi) is 4.47. The first-order valence-electron chi connectivity index (χ1n) is 8.28. The SMILES string of the molecule is N#CC1=C2SC[C@](O)(c3ccc(Cl)cc3)N2C(=O)C[C@H]1c1ccccc1F. The van der Waals surface area contributed by atoms with Gasteiger partial charge in [0.2, 0.25) is 5.91 Å². The van der Waals surface area contributed by atoms with E-state index in [2.05, 4.69) is 6.07 Å². The van der Waals surface area contributed by atoms with E-state index in [0.717, 1.165) is 0 Å². The van der Waals surface area contributed by atoms with Crippen LogP contribution in [0.1, 0.15) is 23.5 Å². The van der Waals surface area contributed by atoms with Crippen LogP contribution < -0.4 is 0 Å². The lowest BCUT2D eigenvalue weighted by Crippen LogP contribution is -2.48. The second-order valence-corrected chi connectivity index (χ2v) is 7.85. The van der Waals surface area contributed by atoms with Crippen LogP contribution in [-0.4, -0.2) is 21.7 Å². The maximum absolute atomic E-state index is 14.3. The van der Waals surface area contributed by atoms with E-state index in [1.165, 1.54) is 22.7 Å². The predicted molar refractivity (Wildman–Crippen MR) is 101 cm³/mol. The van der Waals surface area contributed by atoms with E-state index >= 15 is 0 Å². The molecule has 7 heteroatoms. The number of amides is 1. The molecule has 1 amide bonds. The Labute approximate surface area is 164 Å². The van der Waals surface area contributed by atoms with Crippen LogP contribution in [0.15, 0.2) is 59.1 Å². The number of hydrogen-bond donors (Lipinski definition) is 1. The van der Waals surface area contributed by atoms with Gasteiger partial charge in [0.1, 0.15) is 5.82 Å². The fourth-order valence-corrected chi connectivity index (χ4v) is 5.06. The van der Waals surface area contributed by atoms with Crippen molar-refractivity contribution in [3.05, 3.63) is 81.1 Å². The average molecular weight is 401 g/mol. The van der Waals surface area contributed by atoms with E-state index in [9.17, 15) is 19.6 Å². The molecule has 2 aliphatic rings. The van der Waals surface area contributed by atoms with Crippen LogP contribution in [0.4, 0.5) is 4.39 Å². The highest BCUT2D eigenvalue weighted by atomic mass is 35.5. The molecule has 0 aromatic heterocycles. The Hall–Kier alpha value is -2.33. The topological polar surface area (TPSA) is 64.3 Å². The van der Waals surface area contributed by atoms with Crippen LogP contribution in [0.25, 0.3) is 0 Å². The van der Waals surface area contributed by atoms with Gasteiger partial charge in [-0.3, -0.25) is 9.69 Å². The van der Waals surface area contributed by atoms with Crippen LogP contribution in [0.5, 0.6) is 0 Å². The highest BCUT2D eigenvalue weighted by Gasteiger charge is 2.52. The van der Waals surface area contributed by atoms with Crippen molar-refractivity contribution in [2.45, 2.75) is 18.1 Å². The van der Waals surface area contributed by atoms with Gasteiger partial charge in [0.15, 0.2) is 5.72 Å². The van der Waals surface area contributed by atoms with E-state index in [0.29, 0.717) is 26.8 Å². The van der Waals surface area contributed by atoms with Crippen LogP contribution in [0, 0.1) is 17.1 Å². The third kappa shape index (κ3) is 2.83. The minimum atomic E-state index is -1.57. The monoisotopic (exact) mass is 400 g/mol. The van der Waals surface area contributed by atoms with Gasteiger partial charge < -0.3 is 5.11 Å². The van der Waals surface area contributed by atoms with Crippen LogP contribution in [0.3, 0.4) is 0 Å². The number of carbonyl (C=O) groups excluding carboxylic acids is 1. The van der Waals surface area contributed by atoms with Crippen LogP contribution >= 0.6 is 23.4 Å². The second-order valence-electron chi connectivity index (χ2n) is 6.45. The van der Waals surface area contributed by atoms with Gasteiger partial charge in [-0.2, -0.15) is 5.26 Å². The number of carbonyl (C=O) groups is 1. The molecule has 1 fully saturated rings. The largest absolute Gasteiger partial charge is 0.366 e. The summed E-state index contributed by atoms with van der Waals surface area (Å²) in [4.78, 5) is 14.2. The van der Waals surface area contributed by atoms with Crippen molar-refractivity contribution in [1.82, 2.24) is 4.90 Å². The summed E-state index contributed by atoms with van der Waals surface area (Å²) in [6.45, 7) is 0. The van der Waals surface area contributed by atoms with Crippen molar-refractivity contribution >= 4 is 29.3 Å². The van der Waals surface area contributed by atoms with E-state index in [4.69, 9.17) is 11.6 Å². The van der Waals surface area contributed by atoms with Crippen LogP contribution in [-0.2, 0) is 10.5 Å². The van der Waals surface area contributed by atoms with Crippen molar-refractivity contribution in [3.63, 3.8) is 0 Å². The van der Waals surface area contributed by atoms with Gasteiger partial charge in [-0.25, -0.2) is 4.39 Å². The maximum Gasteiger partial charge on any atom is 0.231 e. The van der Waals surface area contributed by atoms with E-state index in [1.54, 1.807) is 42.5 Å². The standard InChI is InChI=1S/C20H14ClFN2O2S/c21-13-7-5-12(6-8-13)20(26)11-27-19-16(10-23)15(9-18(25)24(19)20)14-3-1-2-4-17(14)22/h1-8,15,26H,9,11H2/t15-,20-/m0/s1. The van der Waals surface area contributed by atoms with Gasteiger partial charge >= 0.3 is 0 Å². The Morgan fingerprint density at radius 3 is 2.63 bits per heavy atom. The normalized spacial score (nSPS) is 24.7. The van der Waals surface area contributed by atoms with Crippen molar-refractivity contribution in [1.29, 1.82) is 5.26 Å². The van der Waals surface area contributed by atoms with Gasteiger partial charge in [-0.1, -0.05) is 41.9 Å². The lowest BCUT2D eigenvalue weighted by molar-refractivity contribution is -0.149. The second kappa shape index (κ2) is 6.68. The summed E-state index contributed by atoms with van der Waals surface area (Å²) in [6, 6.07) is 14.9. The Morgan fingerprint density at radius 1 is 1.26 bits per heavy atom. The third-order valence-electron chi connectivity index (χ3n) is 4.90. The molecule has 4 nitrogen and oxygen atoms in total. The number of benzene rings is 2. The average Bonchev–Trinajstić information content (AvgIpc) is 3.02. The molecule has 0 spiro atoms. The molecule has 136 valence electrons. The summed E-state index contributed by atoms with van der Waals surface area (Å²) in [5, 5.41) is 21.9. The van der Waals surface area contributed by atoms with E-state index < -0.39 is 17.5 Å². The Balaban J connectivity index is 1.83. The first-order valence-corrected chi connectivity index (χ1v) is 9.65. The van der Waals surface area contributed by atoms with Gasteiger partial charge in [-0.05, 0) is 23.8 Å². The molecule has 2 aromatic rings. The molecule has 1 N–H and O–H groups in total. The first-order chi connectivity index (χ1) is 13.0. The predicted octanol–water partition coefficient (Wildman–Crippen LogP) is 4.12. The summed E-state index contributed by atoms with van der Waals surface area (Å²) in [5.74, 6) is -1.27. The minimum Gasteiger partial charge on any atom is -0.366 e. The highest BCUT2D eigenvalue weighted by molar-refractivity contribution is 8.03. The molecule has 2 aliphatic heterocycles. The third-order valence-corrected chi connectivity index (χ3v) is 6.37. The molecular formula is C20H14ClFN2O2S. The molecule has 1 saturated heterocycles. The number of halogens is 2. The fraction of sp³-hybridized carbons (Fsp3) is 0.200. The molecule has 0 radical (unpaired) electrons. The summed E-state index contributed by atoms with van der Waals surface area (Å²) in [5.41, 5.74) is -0.430. The highest BCUT2D eigenvalue weighted by Crippen LogP contribution is 2.51. The Morgan fingerprint density at radius 2 is 1.96 bits per heavy atom. The number of thioether (sulfide) groups is 1. The zero-order chi connectivity index (χ0) is 19.2. The Bertz CT molecular complexity index is 1000. The molecule has 0 aliphatic carbocycles. The molecule has 2 atom stereocenters. The summed E-state index contributed by atoms with van der Waals surface area (Å²) < 4.78 is 14.3. The molecule has 0 bridgehead atoms. The summed E-state index contributed by atoms with van der Waals surface area (Å²) in [6.07, 6.45) is -0.0796. The van der Waals surface area contributed by atoms with E-state index in [-0.39, 0.29) is 18.1 Å². The number of aliphatic hydroxyl groups is 1. The smallest absolute Gasteiger partial charge is 0.231 e. The summed E-state index contributed by atoms with van der Waals surface area (Å²) in [7, 11) is 0. The molecule has 0 unspecified atom stereocenters. The van der Waals surface area contributed by atoms with Gasteiger partial charge in [-0.15, -0.1) is 11.8 Å². The van der Waals surface area contributed by atoms with Crippen LogP contribution in [0.2, 0.25) is 5.02 Å². The van der Waals surface area contributed by atoms with Gasteiger partial charge in [0, 0.05) is 22.9 Å². The van der Waals surface area contributed by atoms with Crippen molar-refractivity contribution in [2.75, 3.05) is 5.75 Å². The number of allylic oxidation sites excluding steroid dienone is 1. The quantitative estimate of drug-likeness (QED) is 0.823. The first kappa shape index (κ1) is 18.1. The number of nitriles is 1. The minimum absolute atomic E-state index is 0.0796.